The van der Waals surface area contributed by atoms with Crippen LogP contribution in [0.2, 0.25) is 0 Å². The quantitative estimate of drug-likeness (QED) is 0.750. The molecule has 0 saturated heterocycles. The third-order valence-corrected chi connectivity index (χ3v) is 3.53. The molecule has 0 aliphatic heterocycles. The van der Waals surface area contributed by atoms with E-state index in [-0.39, 0.29) is 0 Å². The number of hydrogen-bond acceptors (Lipinski definition) is 3. The number of fused-ring (bicyclic) bond motifs is 1. The van der Waals surface area contributed by atoms with E-state index in [4.69, 9.17) is 4.42 Å². The Labute approximate surface area is 119 Å². The molecular weight excluding hydrogens is 304 g/mol. The number of nitrogens with one attached hydrogen (secondary N) is 1. The van der Waals surface area contributed by atoms with Gasteiger partial charge in [0.25, 0.3) is 0 Å². The van der Waals surface area contributed by atoms with Gasteiger partial charge in [0.1, 0.15) is 5.52 Å². The summed E-state index contributed by atoms with van der Waals surface area (Å²) in [5, 5.41) is 3.13. The first-order chi connectivity index (χ1) is 9.17. The lowest BCUT2D eigenvalue weighted by atomic mass is 10.2. The van der Waals surface area contributed by atoms with Gasteiger partial charge in [-0.2, -0.15) is 0 Å². The minimum Gasteiger partial charge on any atom is -0.436 e. The van der Waals surface area contributed by atoms with Crippen LogP contribution in [0.25, 0.3) is 22.6 Å². The lowest BCUT2D eigenvalue weighted by molar-refractivity contribution is 0.617. The second kappa shape index (κ2) is 4.70. The molecule has 0 atom stereocenters. The highest BCUT2D eigenvalue weighted by molar-refractivity contribution is 9.10. The van der Waals surface area contributed by atoms with Crippen LogP contribution >= 0.6 is 15.9 Å². The molecule has 0 bridgehead atoms. The van der Waals surface area contributed by atoms with Crippen LogP contribution in [0, 0.1) is 6.92 Å². The van der Waals surface area contributed by atoms with Crippen molar-refractivity contribution in [1.29, 1.82) is 0 Å². The molecule has 0 aliphatic carbocycles. The van der Waals surface area contributed by atoms with Crippen LogP contribution in [0.4, 0.5) is 5.69 Å². The van der Waals surface area contributed by atoms with Gasteiger partial charge >= 0.3 is 0 Å². The Balaban J connectivity index is 2.19. The Hall–Kier alpha value is -1.81. The van der Waals surface area contributed by atoms with Crippen molar-refractivity contribution in [2.24, 2.45) is 0 Å². The fourth-order valence-electron chi connectivity index (χ4n) is 2.09. The minimum atomic E-state index is 0.646. The van der Waals surface area contributed by atoms with E-state index in [0.29, 0.717) is 5.89 Å². The largest absolute Gasteiger partial charge is 0.436 e. The van der Waals surface area contributed by atoms with Crippen LogP contribution in [-0.2, 0) is 0 Å². The maximum absolute atomic E-state index is 5.88. The first-order valence-electron chi connectivity index (χ1n) is 6.02. The predicted octanol–water partition coefficient (Wildman–Crippen LogP) is 4.61. The molecule has 0 saturated carbocycles. The molecule has 19 heavy (non-hydrogen) atoms. The number of nitrogens with zero attached hydrogens (tertiary/aromatic N) is 1. The van der Waals surface area contributed by atoms with Crippen LogP contribution in [0.1, 0.15) is 5.56 Å². The summed E-state index contributed by atoms with van der Waals surface area (Å²) in [6.07, 6.45) is 0. The van der Waals surface area contributed by atoms with Gasteiger partial charge in [0.2, 0.25) is 5.89 Å². The zero-order valence-corrected chi connectivity index (χ0v) is 12.3. The molecule has 1 heterocycles. The van der Waals surface area contributed by atoms with Crippen LogP contribution in [0.15, 0.2) is 45.3 Å². The standard InChI is InChI=1S/C15H13BrN2O/c1-9-6-12(17-2)8-13-14(9)19-15(18-13)10-4-3-5-11(16)7-10/h3-8,17H,1-2H3. The Morgan fingerprint density at radius 3 is 2.79 bits per heavy atom. The molecule has 96 valence electrons. The van der Waals surface area contributed by atoms with Crippen molar-refractivity contribution in [3.8, 4) is 11.5 Å². The minimum absolute atomic E-state index is 0.646. The molecule has 0 amide bonds. The topological polar surface area (TPSA) is 38.1 Å². The normalized spacial score (nSPS) is 10.9. The molecule has 3 rings (SSSR count). The smallest absolute Gasteiger partial charge is 0.227 e. The van der Waals surface area contributed by atoms with Gasteiger partial charge in [0.05, 0.1) is 0 Å². The molecule has 1 N–H and O–H groups in total. The van der Waals surface area contributed by atoms with E-state index >= 15 is 0 Å². The van der Waals surface area contributed by atoms with E-state index in [2.05, 4.69) is 32.3 Å². The predicted molar refractivity (Wildman–Crippen MR) is 81.4 cm³/mol. The third-order valence-electron chi connectivity index (χ3n) is 3.04. The van der Waals surface area contributed by atoms with Gasteiger partial charge in [-0.05, 0) is 42.8 Å². The average Bonchev–Trinajstić information content (AvgIpc) is 2.83. The summed E-state index contributed by atoms with van der Waals surface area (Å²) < 4.78 is 6.89. The van der Waals surface area contributed by atoms with Gasteiger partial charge in [-0.3, -0.25) is 0 Å². The number of anilines is 1. The zero-order chi connectivity index (χ0) is 13.4. The first kappa shape index (κ1) is 12.2. The van der Waals surface area contributed by atoms with E-state index in [1.54, 1.807) is 0 Å². The highest BCUT2D eigenvalue weighted by Crippen LogP contribution is 2.29. The average molecular weight is 317 g/mol. The molecule has 0 spiro atoms. The highest BCUT2D eigenvalue weighted by atomic mass is 79.9. The van der Waals surface area contributed by atoms with Crippen LogP contribution in [-0.4, -0.2) is 12.0 Å². The first-order valence-corrected chi connectivity index (χ1v) is 6.81. The summed E-state index contributed by atoms with van der Waals surface area (Å²) in [4.78, 5) is 4.57. The number of oxazole rings is 1. The third kappa shape index (κ3) is 2.24. The number of hydrogen-bond donors (Lipinski definition) is 1. The van der Waals surface area contributed by atoms with E-state index < -0.39 is 0 Å². The molecular formula is C15H13BrN2O. The number of aryl methyl sites for hydroxylation is 1. The van der Waals surface area contributed by atoms with Crippen molar-refractivity contribution in [2.75, 3.05) is 12.4 Å². The monoisotopic (exact) mass is 316 g/mol. The summed E-state index contributed by atoms with van der Waals surface area (Å²) >= 11 is 3.46. The maximum atomic E-state index is 5.88. The van der Waals surface area contributed by atoms with Crippen LogP contribution in [0.3, 0.4) is 0 Å². The molecule has 0 unspecified atom stereocenters. The number of aromatic nitrogens is 1. The van der Waals surface area contributed by atoms with Crippen molar-refractivity contribution in [3.05, 3.63) is 46.4 Å². The highest BCUT2D eigenvalue weighted by Gasteiger charge is 2.11. The van der Waals surface area contributed by atoms with Gasteiger partial charge in [0, 0.05) is 22.8 Å². The van der Waals surface area contributed by atoms with Gasteiger partial charge in [-0.25, -0.2) is 4.98 Å². The van der Waals surface area contributed by atoms with Gasteiger partial charge in [-0.15, -0.1) is 0 Å². The van der Waals surface area contributed by atoms with Crippen molar-refractivity contribution < 1.29 is 4.42 Å². The molecule has 0 aliphatic rings. The molecule has 0 fully saturated rings. The van der Waals surface area contributed by atoms with Crippen molar-refractivity contribution in [1.82, 2.24) is 4.98 Å². The van der Waals surface area contributed by atoms with Gasteiger partial charge < -0.3 is 9.73 Å². The van der Waals surface area contributed by atoms with E-state index in [1.807, 2.05) is 44.3 Å². The molecule has 4 heteroatoms. The Bertz CT molecular complexity index is 749. The SMILES string of the molecule is CNc1cc(C)c2oc(-c3cccc(Br)c3)nc2c1. The maximum Gasteiger partial charge on any atom is 0.227 e. The zero-order valence-electron chi connectivity index (χ0n) is 10.7. The Morgan fingerprint density at radius 1 is 1.21 bits per heavy atom. The second-order valence-electron chi connectivity index (χ2n) is 4.42. The lowest BCUT2D eigenvalue weighted by Crippen LogP contribution is -1.88. The Kier molecular flexibility index (Phi) is 3.03. The summed E-state index contributed by atoms with van der Waals surface area (Å²) in [5.74, 6) is 0.646. The Morgan fingerprint density at radius 2 is 2.05 bits per heavy atom. The fourth-order valence-corrected chi connectivity index (χ4v) is 2.49. The van der Waals surface area contributed by atoms with Crippen LogP contribution < -0.4 is 5.32 Å². The molecule has 1 aromatic heterocycles. The van der Waals surface area contributed by atoms with Gasteiger partial charge in [-0.1, -0.05) is 22.0 Å². The summed E-state index contributed by atoms with van der Waals surface area (Å²) in [5.41, 5.74) is 4.80. The van der Waals surface area contributed by atoms with E-state index in [0.717, 1.165) is 32.4 Å². The van der Waals surface area contributed by atoms with E-state index in [9.17, 15) is 0 Å². The molecule has 3 aromatic rings. The van der Waals surface area contributed by atoms with Gasteiger partial charge in [0.15, 0.2) is 5.58 Å². The number of halogens is 1. The lowest BCUT2D eigenvalue weighted by Gasteiger charge is -2.00. The number of rotatable bonds is 2. The van der Waals surface area contributed by atoms with Crippen LogP contribution in [0.5, 0.6) is 0 Å². The van der Waals surface area contributed by atoms with Crippen molar-refractivity contribution in [2.45, 2.75) is 6.92 Å². The summed E-state index contributed by atoms with van der Waals surface area (Å²) in [6.45, 7) is 2.03. The molecule has 2 aromatic carbocycles. The molecule has 3 nitrogen and oxygen atoms in total. The van der Waals surface area contributed by atoms with Crippen molar-refractivity contribution in [3.63, 3.8) is 0 Å². The number of benzene rings is 2. The fraction of sp³-hybridized carbons (Fsp3) is 0.133. The summed E-state index contributed by atoms with van der Waals surface area (Å²) in [6, 6.07) is 12.0. The summed E-state index contributed by atoms with van der Waals surface area (Å²) in [7, 11) is 1.90. The second-order valence-corrected chi connectivity index (χ2v) is 5.34. The van der Waals surface area contributed by atoms with Crippen molar-refractivity contribution >= 4 is 32.7 Å². The molecule has 0 radical (unpaired) electrons. The van der Waals surface area contributed by atoms with E-state index in [1.165, 1.54) is 0 Å².